The molecular formula is C20H23N3O4. The Labute approximate surface area is 158 Å². The monoisotopic (exact) mass is 369 g/mol. The zero-order chi connectivity index (χ0) is 19.8. The van der Waals surface area contributed by atoms with Crippen LogP contribution in [0.3, 0.4) is 0 Å². The maximum Gasteiger partial charge on any atom is 0.251 e. The number of carbonyl (C=O) groups is 3. The Morgan fingerprint density at radius 1 is 1.07 bits per heavy atom. The number of nitrogens with one attached hydrogen (secondary N) is 2. The van der Waals surface area contributed by atoms with Gasteiger partial charge in [-0.15, -0.1) is 0 Å². The van der Waals surface area contributed by atoms with Crippen LogP contribution in [0.4, 0.5) is 5.69 Å². The minimum absolute atomic E-state index is 0.129. The molecule has 7 nitrogen and oxygen atoms in total. The second kappa shape index (κ2) is 9.38. The molecule has 0 saturated carbocycles. The molecule has 0 aliphatic heterocycles. The number of ether oxygens (including phenoxy) is 1. The van der Waals surface area contributed by atoms with Gasteiger partial charge in [-0.05, 0) is 31.2 Å². The summed E-state index contributed by atoms with van der Waals surface area (Å²) in [5.74, 6) is -0.422. The Hall–Kier alpha value is -3.35. The SMILES string of the molecule is COc1cccc(NC(=O)CN(C)C(=O)CNC(=O)c2ccc(C)cc2)c1. The van der Waals surface area contributed by atoms with Crippen molar-refractivity contribution < 1.29 is 19.1 Å². The van der Waals surface area contributed by atoms with E-state index in [-0.39, 0.29) is 30.8 Å². The van der Waals surface area contributed by atoms with Crippen molar-refractivity contribution >= 4 is 23.4 Å². The highest BCUT2D eigenvalue weighted by Gasteiger charge is 2.15. The van der Waals surface area contributed by atoms with Gasteiger partial charge in [-0.25, -0.2) is 0 Å². The molecule has 3 amide bonds. The lowest BCUT2D eigenvalue weighted by atomic mass is 10.1. The van der Waals surface area contributed by atoms with Crippen molar-refractivity contribution in [2.45, 2.75) is 6.92 Å². The van der Waals surface area contributed by atoms with E-state index in [1.165, 1.54) is 19.1 Å². The Bertz CT molecular complexity index is 818. The van der Waals surface area contributed by atoms with Gasteiger partial charge in [-0.3, -0.25) is 14.4 Å². The Kier molecular flexibility index (Phi) is 6.93. The smallest absolute Gasteiger partial charge is 0.251 e. The average Bonchev–Trinajstić information content (AvgIpc) is 2.66. The second-order valence-electron chi connectivity index (χ2n) is 6.08. The molecule has 0 saturated heterocycles. The van der Waals surface area contributed by atoms with Gasteiger partial charge in [-0.2, -0.15) is 0 Å². The van der Waals surface area contributed by atoms with Crippen LogP contribution in [-0.4, -0.2) is 49.9 Å². The third-order valence-corrected chi connectivity index (χ3v) is 3.87. The lowest BCUT2D eigenvalue weighted by molar-refractivity contribution is -0.132. The summed E-state index contributed by atoms with van der Waals surface area (Å²) in [5.41, 5.74) is 2.10. The standard InChI is InChI=1S/C20H23N3O4/c1-14-7-9-15(10-8-14)20(26)21-12-19(25)23(2)13-18(24)22-16-5-4-6-17(11-16)27-3/h4-11H,12-13H2,1-3H3,(H,21,26)(H,22,24). The van der Waals surface area contributed by atoms with Crippen molar-refractivity contribution in [1.82, 2.24) is 10.2 Å². The van der Waals surface area contributed by atoms with E-state index in [2.05, 4.69) is 10.6 Å². The Morgan fingerprint density at radius 2 is 1.78 bits per heavy atom. The summed E-state index contributed by atoms with van der Waals surface area (Å²) < 4.78 is 5.10. The number of carbonyl (C=O) groups excluding carboxylic acids is 3. The Balaban J connectivity index is 1.81. The summed E-state index contributed by atoms with van der Waals surface area (Å²) in [6, 6.07) is 14.0. The highest BCUT2D eigenvalue weighted by atomic mass is 16.5. The molecule has 0 aliphatic carbocycles. The highest BCUT2D eigenvalue weighted by molar-refractivity contribution is 5.98. The largest absolute Gasteiger partial charge is 0.497 e. The number of hydrogen-bond acceptors (Lipinski definition) is 4. The number of hydrogen-bond donors (Lipinski definition) is 2. The maximum absolute atomic E-state index is 12.1. The summed E-state index contributed by atoms with van der Waals surface area (Å²) in [7, 11) is 3.05. The lowest BCUT2D eigenvalue weighted by Crippen LogP contribution is -2.41. The van der Waals surface area contributed by atoms with E-state index < -0.39 is 0 Å². The summed E-state index contributed by atoms with van der Waals surface area (Å²) in [6.45, 7) is 1.61. The van der Waals surface area contributed by atoms with E-state index in [0.717, 1.165) is 5.56 Å². The van der Waals surface area contributed by atoms with Gasteiger partial charge in [0.25, 0.3) is 5.91 Å². The number of anilines is 1. The van der Waals surface area contributed by atoms with Crippen LogP contribution in [0.25, 0.3) is 0 Å². The van der Waals surface area contributed by atoms with Crippen molar-refractivity contribution in [3.8, 4) is 5.75 Å². The van der Waals surface area contributed by atoms with Crippen LogP contribution in [0.2, 0.25) is 0 Å². The molecule has 0 heterocycles. The van der Waals surface area contributed by atoms with Gasteiger partial charge in [0.15, 0.2) is 0 Å². The molecule has 0 aliphatic rings. The molecule has 0 bridgehead atoms. The minimum atomic E-state index is -0.365. The molecule has 2 N–H and O–H groups in total. The van der Waals surface area contributed by atoms with Crippen LogP contribution in [-0.2, 0) is 9.59 Å². The van der Waals surface area contributed by atoms with E-state index >= 15 is 0 Å². The molecule has 0 atom stereocenters. The highest BCUT2D eigenvalue weighted by Crippen LogP contribution is 2.16. The zero-order valence-corrected chi connectivity index (χ0v) is 15.6. The van der Waals surface area contributed by atoms with Crippen LogP contribution in [0.15, 0.2) is 48.5 Å². The second-order valence-corrected chi connectivity index (χ2v) is 6.08. The molecule has 2 aromatic carbocycles. The fourth-order valence-electron chi connectivity index (χ4n) is 2.30. The first-order chi connectivity index (χ1) is 12.9. The fraction of sp³-hybridized carbons (Fsp3) is 0.250. The first kappa shape index (κ1) is 20.0. The lowest BCUT2D eigenvalue weighted by Gasteiger charge is -2.17. The summed E-state index contributed by atoms with van der Waals surface area (Å²) >= 11 is 0. The molecule has 0 radical (unpaired) electrons. The van der Waals surface area contributed by atoms with Crippen molar-refractivity contribution in [2.24, 2.45) is 0 Å². The Morgan fingerprint density at radius 3 is 2.44 bits per heavy atom. The molecule has 0 fully saturated rings. The molecule has 0 aromatic heterocycles. The molecule has 2 rings (SSSR count). The third-order valence-electron chi connectivity index (χ3n) is 3.87. The topological polar surface area (TPSA) is 87.7 Å². The van der Waals surface area contributed by atoms with E-state index in [9.17, 15) is 14.4 Å². The summed E-state index contributed by atoms with van der Waals surface area (Å²) in [5, 5.41) is 5.26. The average molecular weight is 369 g/mol. The number of aryl methyl sites for hydroxylation is 1. The normalized spacial score (nSPS) is 10.0. The van der Waals surface area contributed by atoms with Gasteiger partial charge in [0.05, 0.1) is 20.2 Å². The number of rotatable bonds is 7. The van der Waals surface area contributed by atoms with E-state index in [1.54, 1.807) is 36.4 Å². The predicted molar refractivity (Wildman–Crippen MR) is 103 cm³/mol. The van der Waals surface area contributed by atoms with Gasteiger partial charge in [0.2, 0.25) is 11.8 Å². The number of amides is 3. The van der Waals surface area contributed by atoms with Crippen molar-refractivity contribution in [2.75, 3.05) is 32.6 Å². The van der Waals surface area contributed by atoms with Gasteiger partial charge >= 0.3 is 0 Å². The fourth-order valence-corrected chi connectivity index (χ4v) is 2.30. The van der Waals surface area contributed by atoms with E-state index in [4.69, 9.17) is 4.74 Å². The molecule has 0 spiro atoms. The summed E-state index contributed by atoms with van der Waals surface area (Å²) in [6.07, 6.45) is 0. The molecule has 142 valence electrons. The van der Waals surface area contributed by atoms with Crippen LogP contribution < -0.4 is 15.4 Å². The van der Waals surface area contributed by atoms with Crippen LogP contribution in [0.5, 0.6) is 5.75 Å². The van der Waals surface area contributed by atoms with Crippen LogP contribution >= 0.6 is 0 Å². The van der Waals surface area contributed by atoms with Crippen molar-refractivity contribution in [3.63, 3.8) is 0 Å². The van der Waals surface area contributed by atoms with Gasteiger partial charge in [0.1, 0.15) is 5.75 Å². The van der Waals surface area contributed by atoms with Crippen molar-refractivity contribution in [3.05, 3.63) is 59.7 Å². The third kappa shape index (κ3) is 6.14. The number of likely N-dealkylation sites (N-methyl/N-ethyl adjacent to an activating group) is 1. The van der Waals surface area contributed by atoms with Gasteiger partial charge in [-0.1, -0.05) is 23.8 Å². The molecule has 27 heavy (non-hydrogen) atoms. The van der Waals surface area contributed by atoms with E-state index in [1.807, 2.05) is 19.1 Å². The van der Waals surface area contributed by atoms with Crippen LogP contribution in [0.1, 0.15) is 15.9 Å². The minimum Gasteiger partial charge on any atom is -0.497 e. The van der Waals surface area contributed by atoms with E-state index in [0.29, 0.717) is 17.0 Å². The first-order valence-electron chi connectivity index (χ1n) is 8.42. The van der Waals surface area contributed by atoms with Crippen molar-refractivity contribution in [1.29, 1.82) is 0 Å². The molecule has 2 aromatic rings. The maximum atomic E-state index is 12.1. The number of methoxy groups -OCH3 is 1. The molecular weight excluding hydrogens is 346 g/mol. The summed E-state index contributed by atoms with van der Waals surface area (Å²) in [4.78, 5) is 37.5. The van der Waals surface area contributed by atoms with Gasteiger partial charge < -0.3 is 20.3 Å². The zero-order valence-electron chi connectivity index (χ0n) is 15.6. The molecule has 7 heteroatoms. The molecule has 0 unspecified atom stereocenters. The first-order valence-corrected chi connectivity index (χ1v) is 8.42. The predicted octanol–water partition coefficient (Wildman–Crippen LogP) is 1.83. The number of benzene rings is 2. The van der Waals surface area contributed by atoms with Crippen LogP contribution in [0, 0.1) is 6.92 Å². The number of nitrogens with zero attached hydrogens (tertiary/aromatic N) is 1. The quantitative estimate of drug-likeness (QED) is 0.779. The van der Waals surface area contributed by atoms with Gasteiger partial charge in [0, 0.05) is 24.4 Å².